The molecule has 2 heterocycles. The summed E-state index contributed by atoms with van der Waals surface area (Å²) in [4.78, 5) is 16.4. The molecule has 5 nitrogen and oxygen atoms in total. The van der Waals surface area contributed by atoms with E-state index in [4.69, 9.17) is 4.74 Å². The molecule has 0 radical (unpaired) electrons. The van der Waals surface area contributed by atoms with E-state index in [2.05, 4.69) is 10.1 Å². The molecule has 5 heteroatoms. The minimum atomic E-state index is -0.433. The smallest absolute Gasteiger partial charge is 0.359 e. The van der Waals surface area contributed by atoms with E-state index in [0.29, 0.717) is 17.8 Å². The Balaban J connectivity index is 2.26. The van der Waals surface area contributed by atoms with Gasteiger partial charge in [-0.1, -0.05) is 30.3 Å². The molecule has 0 unspecified atom stereocenters. The Kier molecular flexibility index (Phi) is 3.16. The van der Waals surface area contributed by atoms with Gasteiger partial charge in [0.2, 0.25) is 0 Å². The van der Waals surface area contributed by atoms with Crippen LogP contribution in [0.25, 0.3) is 16.8 Å². The van der Waals surface area contributed by atoms with E-state index in [1.54, 1.807) is 29.9 Å². The maximum absolute atomic E-state index is 12.1. The van der Waals surface area contributed by atoms with Crippen LogP contribution in [0.4, 0.5) is 0 Å². The van der Waals surface area contributed by atoms with Crippen molar-refractivity contribution in [3.8, 4) is 11.1 Å². The van der Waals surface area contributed by atoms with Crippen LogP contribution < -0.4 is 0 Å². The molecule has 1 aromatic carbocycles. The molecule has 0 saturated heterocycles. The van der Waals surface area contributed by atoms with Crippen molar-refractivity contribution in [1.82, 2.24) is 14.6 Å². The number of benzene rings is 1. The number of hydrogen-bond acceptors (Lipinski definition) is 4. The fourth-order valence-corrected chi connectivity index (χ4v) is 2.10. The van der Waals surface area contributed by atoms with Gasteiger partial charge < -0.3 is 4.74 Å². The first kappa shape index (κ1) is 12.3. The first-order valence-electron chi connectivity index (χ1n) is 6.37. The number of fused-ring (bicyclic) bond motifs is 1. The molecule has 0 aliphatic carbocycles. The molecule has 20 heavy (non-hydrogen) atoms. The van der Waals surface area contributed by atoms with Gasteiger partial charge in [0.1, 0.15) is 0 Å². The lowest BCUT2D eigenvalue weighted by Crippen LogP contribution is -2.06. The predicted octanol–water partition coefficient (Wildman–Crippen LogP) is 2.57. The van der Waals surface area contributed by atoms with Gasteiger partial charge in [0.25, 0.3) is 0 Å². The Bertz CT molecular complexity index is 750. The summed E-state index contributed by atoms with van der Waals surface area (Å²) in [5.74, 6) is -0.433. The number of carbonyl (C=O) groups is 1. The van der Waals surface area contributed by atoms with Crippen molar-refractivity contribution in [1.29, 1.82) is 0 Å². The van der Waals surface area contributed by atoms with Crippen LogP contribution in [0.3, 0.4) is 0 Å². The van der Waals surface area contributed by atoms with Gasteiger partial charge in [0, 0.05) is 12.4 Å². The molecule has 0 atom stereocenters. The number of ether oxygens (including phenoxy) is 1. The van der Waals surface area contributed by atoms with Crippen molar-refractivity contribution in [2.75, 3.05) is 6.61 Å². The second-order valence-corrected chi connectivity index (χ2v) is 4.20. The number of hydrogen-bond donors (Lipinski definition) is 0. The minimum Gasteiger partial charge on any atom is -0.461 e. The first-order valence-corrected chi connectivity index (χ1v) is 6.37. The molecule has 3 aromatic rings. The van der Waals surface area contributed by atoms with E-state index in [0.717, 1.165) is 5.56 Å². The van der Waals surface area contributed by atoms with Gasteiger partial charge in [-0.25, -0.2) is 14.3 Å². The molecule has 0 amide bonds. The van der Waals surface area contributed by atoms with E-state index < -0.39 is 5.97 Å². The van der Waals surface area contributed by atoms with Gasteiger partial charge in [-0.15, -0.1) is 0 Å². The average molecular weight is 267 g/mol. The zero-order valence-electron chi connectivity index (χ0n) is 11.0. The number of carbonyl (C=O) groups excluding carboxylic acids is 1. The van der Waals surface area contributed by atoms with Gasteiger partial charge in [-0.3, -0.25) is 0 Å². The fraction of sp³-hybridized carbons (Fsp3) is 0.133. The lowest BCUT2D eigenvalue weighted by molar-refractivity contribution is 0.0520. The van der Waals surface area contributed by atoms with Crippen LogP contribution in [0.1, 0.15) is 17.4 Å². The lowest BCUT2D eigenvalue weighted by Gasteiger charge is -2.02. The van der Waals surface area contributed by atoms with Gasteiger partial charge in [-0.05, 0) is 18.6 Å². The van der Waals surface area contributed by atoms with Crippen molar-refractivity contribution >= 4 is 11.6 Å². The van der Waals surface area contributed by atoms with E-state index in [-0.39, 0.29) is 5.69 Å². The molecule has 0 saturated carbocycles. The zero-order chi connectivity index (χ0) is 13.9. The highest BCUT2D eigenvalue weighted by atomic mass is 16.5. The largest absolute Gasteiger partial charge is 0.461 e. The maximum Gasteiger partial charge on any atom is 0.359 e. The molecule has 3 rings (SSSR count). The standard InChI is InChI=1S/C15H13N3O2/c1-2-20-15(19)13-12(11-7-4-3-5-8-11)14-16-9-6-10-18(14)17-13/h3-10H,2H2,1H3. The SMILES string of the molecule is CCOC(=O)c1nn2cccnc2c1-c1ccccc1. The Morgan fingerprint density at radius 3 is 2.80 bits per heavy atom. The summed E-state index contributed by atoms with van der Waals surface area (Å²) in [5.41, 5.74) is 2.52. The normalized spacial score (nSPS) is 10.7. The number of esters is 1. The van der Waals surface area contributed by atoms with Crippen molar-refractivity contribution in [2.45, 2.75) is 6.92 Å². The third-order valence-electron chi connectivity index (χ3n) is 2.93. The van der Waals surface area contributed by atoms with Crippen LogP contribution in [0.2, 0.25) is 0 Å². The van der Waals surface area contributed by atoms with Gasteiger partial charge in [0.05, 0.1) is 12.2 Å². The Labute approximate surface area is 115 Å². The second kappa shape index (κ2) is 5.13. The van der Waals surface area contributed by atoms with Gasteiger partial charge in [0.15, 0.2) is 11.3 Å². The monoisotopic (exact) mass is 267 g/mol. The van der Waals surface area contributed by atoms with Crippen LogP contribution in [0, 0.1) is 0 Å². The fourth-order valence-electron chi connectivity index (χ4n) is 2.10. The Morgan fingerprint density at radius 2 is 2.05 bits per heavy atom. The van der Waals surface area contributed by atoms with Crippen LogP contribution in [-0.2, 0) is 4.74 Å². The van der Waals surface area contributed by atoms with E-state index >= 15 is 0 Å². The Morgan fingerprint density at radius 1 is 1.25 bits per heavy atom. The van der Waals surface area contributed by atoms with Crippen molar-refractivity contribution in [2.24, 2.45) is 0 Å². The molecule has 2 aromatic heterocycles. The van der Waals surface area contributed by atoms with Crippen LogP contribution in [-0.4, -0.2) is 27.2 Å². The van der Waals surface area contributed by atoms with E-state index in [1.165, 1.54) is 0 Å². The summed E-state index contributed by atoms with van der Waals surface area (Å²) in [7, 11) is 0. The molecular formula is C15H13N3O2. The highest BCUT2D eigenvalue weighted by molar-refractivity contribution is 5.99. The minimum absolute atomic E-state index is 0.289. The lowest BCUT2D eigenvalue weighted by atomic mass is 10.1. The van der Waals surface area contributed by atoms with Gasteiger partial charge >= 0.3 is 5.97 Å². The summed E-state index contributed by atoms with van der Waals surface area (Å²) in [5, 5.41) is 4.29. The van der Waals surface area contributed by atoms with E-state index in [1.807, 2.05) is 30.3 Å². The van der Waals surface area contributed by atoms with Crippen LogP contribution >= 0.6 is 0 Å². The molecule has 0 aliphatic heterocycles. The number of aromatic nitrogens is 3. The average Bonchev–Trinajstić information content (AvgIpc) is 2.88. The topological polar surface area (TPSA) is 56.5 Å². The highest BCUT2D eigenvalue weighted by Crippen LogP contribution is 2.27. The van der Waals surface area contributed by atoms with Crippen molar-refractivity contribution in [3.05, 3.63) is 54.5 Å². The molecule has 0 spiro atoms. The summed E-state index contributed by atoms with van der Waals surface area (Å²) < 4.78 is 6.67. The summed E-state index contributed by atoms with van der Waals surface area (Å²) in [6, 6.07) is 11.4. The molecule has 0 N–H and O–H groups in total. The highest BCUT2D eigenvalue weighted by Gasteiger charge is 2.22. The van der Waals surface area contributed by atoms with Crippen molar-refractivity contribution in [3.63, 3.8) is 0 Å². The van der Waals surface area contributed by atoms with Gasteiger partial charge in [-0.2, -0.15) is 5.10 Å². The summed E-state index contributed by atoms with van der Waals surface area (Å²) >= 11 is 0. The summed E-state index contributed by atoms with van der Waals surface area (Å²) in [6.45, 7) is 2.09. The first-order chi connectivity index (χ1) is 9.81. The van der Waals surface area contributed by atoms with Crippen LogP contribution in [0.5, 0.6) is 0 Å². The molecule has 100 valence electrons. The predicted molar refractivity (Wildman–Crippen MR) is 74.4 cm³/mol. The van der Waals surface area contributed by atoms with Crippen LogP contribution in [0.15, 0.2) is 48.8 Å². The molecule has 0 aliphatic rings. The molecular weight excluding hydrogens is 254 g/mol. The third kappa shape index (κ3) is 2.03. The zero-order valence-corrected chi connectivity index (χ0v) is 11.0. The Hall–Kier alpha value is -2.69. The molecule has 0 fully saturated rings. The second-order valence-electron chi connectivity index (χ2n) is 4.20. The number of rotatable bonds is 3. The number of nitrogens with zero attached hydrogens (tertiary/aromatic N) is 3. The summed E-state index contributed by atoms with van der Waals surface area (Å²) in [6.07, 6.45) is 3.44. The quantitative estimate of drug-likeness (QED) is 0.684. The van der Waals surface area contributed by atoms with Crippen molar-refractivity contribution < 1.29 is 9.53 Å². The third-order valence-corrected chi connectivity index (χ3v) is 2.93. The maximum atomic E-state index is 12.1. The van der Waals surface area contributed by atoms with E-state index in [9.17, 15) is 4.79 Å². The molecule has 0 bridgehead atoms.